The molecule has 0 spiro atoms. The topological polar surface area (TPSA) is 75.1 Å². The van der Waals surface area contributed by atoms with Crippen molar-refractivity contribution in [1.82, 2.24) is 9.97 Å². The van der Waals surface area contributed by atoms with E-state index in [1.165, 1.54) is 5.56 Å². The standard InChI is InChI=1S/C13H17N3O2/c17-12(18)6-11(8-4-5-8)16-13-9-2-1-3-10(9)14-7-15-13/h7-8,11H,1-6H2,(H,17,18)(H,14,15,16). The van der Waals surface area contributed by atoms with Crippen LogP contribution in [-0.4, -0.2) is 27.1 Å². The second-order valence-electron chi connectivity index (χ2n) is 5.19. The highest BCUT2D eigenvalue weighted by Crippen LogP contribution is 2.36. The lowest BCUT2D eigenvalue weighted by Crippen LogP contribution is -2.26. The maximum Gasteiger partial charge on any atom is 0.305 e. The molecule has 1 fully saturated rings. The lowest BCUT2D eigenvalue weighted by molar-refractivity contribution is -0.137. The molecule has 1 atom stereocenters. The summed E-state index contributed by atoms with van der Waals surface area (Å²) < 4.78 is 0. The van der Waals surface area contributed by atoms with E-state index in [1.807, 2.05) is 0 Å². The van der Waals surface area contributed by atoms with Gasteiger partial charge in [0.05, 0.1) is 6.42 Å². The number of carbonyl (C=O) groups is 1. The number of fused-ring (bicyclic) bond motifs is 1. The third-order valence-corrected chi connectivity index (χ3v) is 3.78. The van der Waals surface area contributed by atoms with Crippen LogP contribution in [0.25, 0.3) is 0 Å². The number of nitrogens with zero attached hydrogens (tertiary/aromatic N) is 2. The molecule has 0 aliphatic heterocycles. The number of carboxylic acids is 1. The Morgan fingerprint density at radius 3 is 3.00 bits per heavy atom. The highest BCUT2D eigenvalue weighted by Gasteiger charge is 2.33. The van der Waals surface area contributed by atoms with Gasteiger partial charge in [-0.2, -0.15) is 0 Å². The van der Waals surface area contributed by atoms with Crippen molar-refractivity contribution in [2.75, 3.05) is 5.32 Å². The van der Waals surface area contributed by atoms with Crippen LogP contribution in [0.1, 0.15) is 36.9 Å². The zero-order valence-corrected chi connectivity index (χ0v) is 10.2. The molecule has 2 aliphatic rings. The fourth-order valence-electron chi connectivity index (χ4n) is 2.68. The Morgan fingerprint density at radius 1 is 1.44 bits per heavy atom. The fraction of sp³-hybridized carbons (Fsp3) is 0.615. The van der Waals surface area contributed by atoms with Crippen LogP contribution in [0, 0.1) is 5.92 Å². The Hall–Kier alpha value is -1.65. The lowest BCUT2D eigenvalue weighted by Gasteiger charge is -2.18. The fourth-order valence-corrected chi connectivity index (χ4v) is 2.68. The molecule has 0 aromatic carbocycles. The van der Waals surface area contributed by atoms with Crippen molar-refractivity contribution in [3.05, 3.63) is 17.6 Å². The van der Waals surface area contributed by atoms with E-state index in [0.29, 0.717) is 5.92 Å². The summed E-state index contributed by atoms with van der Waals surface area (Å²) in [5.74, 6) is 0.605. The van der Waals surface area contributed by atoms with Gasteiger partial charge in [0.15, 0.2) is 0 Å². The summed E-state index contributed by atoms with van der Waals surface area (Å²) in [5, 5.41) is 12.3. The van der Waals surface area contributed by atoms with Crippen molar-refractivity contribution < 1.29 is 9.90 Å². The summed E-state index contributed by atoms with van der Waals surface area (Å²) in [4.78, 5) is 19.5. The molecule has 5 nitrogen and oxygen atoms in total. The minimum atomic E-state index is -0.745. The van der Waals surface area contributed by atoms with Gasteiger partial charge in [0, 0.05) is 17.3 Å². The van der Waals surface area contributed by atoms with Crippen LogP contribution in [0.15, 0.2) is 6.33 Å². The van der Waals surface area contributed by atoms with Crippen molar-refractivity contribution in [3.8, 4) is 0 Å². The number of nitrogens with one attached hydrogen (secondary N) is 1. The number of aliphatic carboxylic acids is 1. The largest absolute Gasteiger partial charge is 0.481 e. The highest BCUT2D eigenvalue weighted by atomic mass is 16.4. The van der Waals surface area contributed by atoms with Crippen LogP contribution in [0.5, 0.6) is 0 Å². The molecule has 18 heavy (non-hydrogen) atoms. The third kappa shape index (κ3) is 2.30. The number of aromatic nitrogens is 2. The number of rotatable bonds is 5. The highest BCUT2D eigenvalue weighted by molar-refractivity contribution is 5.68. The molecule has 0 radical (unpaired) electrons. The first-order valence-corrected chi connectivity index (χ1v) is 6.55. The average molecular weight is 247 g/mol. The number of anilines is 1. The monoisotopic (exact) mass is 247 g/mol. The van der Waals surface area contributed by atoms with Gasteiger partial charge < -0.3 is 10.4 Å². The molecule has 96 valence electrons. The first kappa shape index (κ1) is 11.4. The van der Waals surface area contributed by atoms with E-state index in [-0.39, 0.29) is 12.5 Å². The SMILES string of the molecule is O=C(O)CC(Nc1ncnc2c1CCC2)C1CC1. The molecule has 1 heterocycles. The smallest absolute Gasteiger partial charge is 0.305 e. The Kier molecular flexibility index (Phi) is 2.89. The summed E-state index contributed by atoms with van der Waals surface area (Å²) in [7, 11) is 0. The number of aryl methyl sites for hydroxylation is 1. The molecular weight excluding hydrogens is 230 g/mol. The zero-order chi connectivity index (χ0) is 12.5. The van der Waals surface area contributed by atoms with E-state index in [1.54, 1.807) is 6.33 Å². The van der Waals surface area contributed by atoms with Crippen molar-refractivity contribution >= 4 is 11.8 Å². The third-order valence-electron chi connectivity index (χ3n) is 3.78. The molecular formula is C13H17N3O2. The zero-order valence-electron chi connectivity index (χ0n) is 10.2. The Bertz CT molecular complexity index is 471. The molecule has 0 bridgehead atoms. The van der Waals surface area contributed by atoms with E-state index in [9.17, 15) is 4.79 Å². The minimum Gasteiger partial charge on any atom is -0.481 e. The molecule has 1 unspecified atom stereocenters. The molecule has 2 N–H and O–H groups in total. The minimum absolute atomic E-state index is 0.0158. The van der Waals surface area contributed by atoms with E-state index in [4.69, 9.17) is 5.11 Å². The number of hydrogen-bond donors (Lipinski definition) is 2. The van der Waals surface area contributed by atoms with Crippen molar-refractivity contribution in [2.24, 2.45) is 5.92 Å². The van der Waals surface area contributed by atoms with Crippen molar-refractivity contribution in [2.45, 2.75) is 44.6 Å². The maximum atomic E-state index is 10.9. The second kappa shape index (κ2) is 4.55. The van der Waals surface area contributed by atoms with Gasteiger partial charge in [-0.15, -0.1) is 0 Å². The molecule has 0 amide bonds. The molecule has 3 rings (SSSR count). The number of carboxylic acid groups (broad SMARTS) is 1. The normalized spacial score (nSPS) is 19.3. The summed E-state index contributed by atoms with van der Waals surface area (Å²) in [5.41, 5.74) is 2.31. The Labute approximate surface area is 106 Å². The number of hydrogen-bond acceptors (Lipinski definition) is 4. The van der Waals surface area contributed by atoms with Crippen molar-refractivity contribution in [1.29, 1.82) is 0 Å². The summed E-state index contributed by atoms with van der Waals surface area (Å²) in [6.07, 6.45) is 7.13. The van der Waals surface area contributed by atoms with E-state index < -0.39 is 5.97 Å². The Morgan fingerprint density at radius 2 is 2.28 bits per heavy atom. The summed E-state index contributed by atoms with van der Waals surface area (Å²) in [6.45, 7) is 0. The van der Waals surface area contributed by atoms with Gasteiger partial charge in [0.25, 0.3) is 0 Å². The van der Waals surface area contributed by atoms with Crippen LogP contribution >= 0.6 is 0 Å². The maximum absolute atomic E-state index is 10.9. The van der Waals surface area contributed by atoms with Crippen LogP contribution in [0.4, 0.5) is 5.82 Å². The van der Waals surface area contributed by atoms with Crippen LogP contribution < -0.4 is 5.32 Å². The Balaban J connectivity index is 1.78. The molecule has 0 saturated heterocycles. The summed E-state index contributed by atoms with van der Waals surface area (Å²) in [6, 6.07) is 0.0158. The molecule has 1 aromatic rings. The first-order valence-electron chi connectivity index (χ1n) is 6.55. The van der Waals surface area contributed by atoms with E-state index in [0.717, 1.165) is 43.6 Å². The van der Waals surface area contributed by atoms with Gasteiger partial charge in [-0.3, -0.25) is 4.79 Å². The van der Waals surface area contributed by atoms with E-state index in [2.05, 4.69) is 15.3 Å². The van der Waals surface area contributed by atoms with Crippen LogP contribution in [-0.2, 0) is 17.6 Å². The van der Waals surface area contributed by atoms with Gasteiger partial charge in [0.2, 0.25) is 0 Å². The van der Waals surface area contributed by atoms with Gasteiger partial charge in [-0.1, -0.05) is 0 Å². The molecule has 5 heteroatoms. The molecule has 2 aliphatic carbocycles. The average Bonchev–Trinajstić information content (AvgIpc) is 3.06. The molecule has 1 saturated carbocycles. The van der Waals surface area contributed by atoms with Gasteiger partial charge in [-0.25, -0.2) is 9.97 Å². The molecule has 1 aromatic heterocycles. The van der Waals surface area contributed by atoms with Crippen LogP contribution in [0.3, 0.4) is 0 Å². The predicted octanol–water partition coefficient (Wildman–Crippen LogP) is 1.63. The second-order valence-corrected chi connectivity index (χ2v) is 5.19. The predicted molar refractivity (Wildman–Crippen MR) is 66.4 cm³/mol. The summed E-state index contributed by atoms with van der Waals surface area (Å²) >= 11 is 0. The van der Waals surface area contributed by atoms with Gasteiger partial charge in [-0.05, 0) is 38.0 Å². The van der Waals surface area contributed by atoms with Gasteiger partial charge in [0.1, 0.15) is 12.1 Å². The quantitative estimate of drug-likeness (QED) is 0.827. The lowest BCUT2D eigenvalue weighted by atomic mass is 10.1. The first-order chi connectivity index (χ1) is 8.74. The van der Waals surface area contributed by atoms with E-state index >= 15 is 0 Å². The van der Waals surface area contributed by atoms with Crippen molar-refractivity contribution in [3.63, 3.8) is 0 Å². The van der Waals surface area contributed by atoms with Crippen LogP contribution in [0.2, 0.25) is 0 Å². The van der Waals surface area contributed by atoms with Gasteiger partial charge >= 0.3 is 5.97 Å².